The highest BCUT2D eigenvalue weighted by molar-refractivity contribution is 7.89. The van der Waals surface area contributed by atoms with Crippen LogP contribution < -0.4 is 10.1 Å². The molecule has 0 aliphatic carbocycles. The van der Waals surface area contributed by atoms with Crippen LogP contribution >= 0.6 is 11.3 Å². The molecule has 33 heavy (non-hydrogen) atoms. The van der Waals surface area contributed by atoms with Crippen LogP contribution in [0.2, 0.25) is 0 Å². The quantitative estimate of drug-likeness (QED) is 0.534. The topological polar surface area (TPSA) is 102 Å². The van der Waals surface area contributed by atoms with Crippen LogP contribution in [0.15, 0.2) is 51.2 Å². The molecule has 0 bridgehead atoms. The van der Waals surface area contributed by atoms with E-state index >= 15 is 0 Å². The number of anilines is 1. The van der Waals surface area contributed by atoms with E-state index in [0.717, 1.165) is 4.88 Å². The molecule has 2 aromatic heterocycles. The van der Waals surface area contributed by atoms with Gasteiger partial charge in [-0.2, -0.15) is 4.31 Å². The number of methoxy groups -OCH3 is 1. The van der Waals surface area contributed by atoms with Crippen LogP contribution in [0.4, 0.5) is 5.69 Å². The van der Waals surface area contributed by atoms with Gasteiger partial charge >= 0.3 is 0 Å². The third-order valence-electron chi connectivity index (χ3n) is 5.49. The van der Waals surface area contributed by atoms with Gasteiger partial charge in [-0.05, 0) is 67.6 Å². The maximum Gasteiger partial charge on any atom is 0.248 e. The van der Waals surface area contributed by atoms with E-state index in [1.165, 1.54) is 15.6 Å². The fraction of sp³-hybridized carbons (Fsp3) is 0.304. The van der Waals surface area contributed by atoms with Crippen molar-refractivity contribution in [1.29, 1.82) is 0 Å². The van der Waals surface area contributed by atoms with E-state index in [4.69, 9.17) is 9.26 Å². The predicted octanol–water partition coefficient (Wildman–Crippen LogP) is 4.26. The second-order valence-corrected chi connectivity index (χ2v) is 10.6. The fourth-order valence-electron chi connectivity index (χ4n) is 3.77. The number of carbonyl (C=O) groups is 1. The fourth-order valence-corrected chi connectivity index (χ4v) is 6.16. The first-order valence-electron chi connectivity index (χ1n) is 10.5. The van der Waals surface area contributed by atoms with Crippen molar-refractivity contribution in [3.05, 3.63) is 58.1 Å². The number of nitrogens with zero attached hydrogens (tertiary/aromatic N) is 2. The van der Waals surface area contributed by atoms with Gasteiger partial charge in [-0.15, -0.1) is 11.3 Å². The third kappa shape index (κ3) is 5.18. The lowest BCUT2D eigenvalue weighted by Gasteiger charge is -2.31. The van der Waals surface area contributed by atoms with Crippen molar-refractivity contribution < 1.29 is 22.5 Å². The molecule has 1 fully saturated rings. The second-order valence-electron chi connectivity index (χ2n) is 7.73. The lowest BCUT2D eigenvalue weighted by molar-refractivity contribution is -0.120. The number of benzene rings is 1. The molecular formula is C23H25N3O5S2. The Kier molecular flexibility index (Phi) is 6.96. The van der Waals surface area contributed by atoms with Gasteiger partial charge in [0.2, 0.25) is 15.9 Å². The van der Waals surface area contributed by atoms with Crippen molar-refractivity contribution in [1.82, 2.24) is 9.46 Å². The standard InChI is InChI=1S/C23H25N3O5S2/c1-16-22(21(31-25-16)12-11-20-6-4-14-32-20)33(28,29)26-13-3-5-17(15-26)23(27)24-18-7-9-19(30-2)10-8-18/h4,6-12,14,17H,3,5,13,15H2,1-2H3,(H,24,27)/b12-11+/t17-/m0/s1. The Morgan fingerprint density at radius 2 is 2.06 bits per heavy atom. The molecule has 0 unspecified atom stereocenters. The first-order chi connectivity index (χ1) is 15.9. The molecule has 1 N–H and O–H groups in total. The van der Waals surface area contributed by atoms with Crippen molar-refractivity contribution in [3.8, 4) is 5.75 Å². The van der Waals surface area contributed by atoms with Crippen molar-refractivity contribution >= 4 is 45.1 Å². The lowest BCUT2D eigenvalue weighted by atomic mass is 9.99. The SMILES string of the molecule is COc1ccc(NC(=O)[C@H]2CCCN(S(=O)(=O)c3c(C)noc3/C=C/c3cccs3)C2)cc1. The Balaban J connectivity index is 1.50. The van der Waals surface area contributed by atoms with Crippen LogP contribution in [0.5, 0.6) is 5.75 Å². The first-order valence-corrected chi connectivity index (χ1v) is 12.8. The summed E-state index contributed by atoms with van der Waals surface area (Å²) >= 11 is 1.54. The van der Waals surface area contributed by atoms with Gasteiger partial charge in [-0.1, -0.05) is 11.2 Å². The highest BCUT2D eigenvalue weighted by atomic mass is 32.2. The number of piperidine rings is 1. The number of hydrogen-bond donors (Lipinski definition) is 1. The van der Waals surface area contributed by atoms with E-state index in [1.54, 1.807) is 50.5 Å². The number of nitrogens with one attached hydrogen (secondary N) is 1. The zero-order chi connectivity index (χ0) is 23.4. The summed E-state index contributed by atoms with van der Waals surface area (Å²) < 4.78 is 38.8. The van der Waals surface area contributed by atoms with Crippen molar-refractivity contribution in [2.75, 3.05) is 25.5 Å². The normalized spacial score (nSPS) is 17.3. The molecule has 0 saturated carbocycles. The number of aromatic nitrogens is 1. The average molecular weight is 488 g/mol. The van der Waals surface area contributed by atoms with E-state index in [2.05, 4.69) is 10.5 Å². The molecule has 1 aliphatic heterocycles. The largest absolute Gasteiger partial charge is 0.497 e. The van der Waals surface area contributed by atoms with Crippen molar-refractivity contribution in [2.45, 2.75) is 24.7 Å². The monoisotopic (exact) mass is 487 g/mol. The molecule has 1 aromatic carbocycles. The molecule has 0 spiro atoms. The van der Waals surface area contributed by atoms with Crippen LogP contribution in [-0.4, -0.2) is 44.0 Å². The van der Waals surface area contributed by atoms with E-state index in [1.807, 2.05) is 17.5 Å². The summed E-state index contributed by atoms with van der Waals surface area (Å²) in [7, 11) is -2.31. The Bertz CT molecular complexity index is 1230. The average Bonchev–Trinajstić information content (AvgIpc) is 3.48. The minimum Gasteiger partial charge on any atom is -0.497 e. The Morgan fingerprint density at radius 1 is 1.27 bits per heavy atom. The summed E-state index contributed by atoms with van der Waals surface area (Å²) in [6.45, 7) is 2.05. The molecule has 1 atom stereocenters. The molecule has 174 valence electrons. The smallest absolute Gasteiger partial charge is 0.248 e. The number of sulfonamides is 1. The number of ether oxygens (including phenoxy) is 1. The number of thiophene rings is 1. The molecule has 1 amide bonds. The molecule has 4 rings (SSSR count). The van der Waals surface area contributed by atoms with Gasteiger partial charge < -0.3 is 14.6 Å². The zero-order valence-electron chi connectivity index (χ0n) is 18.4. The highest BCUT2D eigenvalue weighted by Gasteiger charge is 2.37. The Hall–Kier alpha value is -2.95. The van der Waals surface area contributed by atoms with Crippen LogP contribution in [0.3, 0.4) is 0 Å². The van der Waals surface area contributed by atoms with E-state index in [0.29, 0.717) is 36.5 Å². The summed E-state index contributed by atoms with van der Waals surface area (Å²) in [4.78, 5) is 13.9. The maximum atomic E-state index is 13.5. The van der Waals surface area contributed by atoms with E-state index < -0.39 is 15.9 Å². The summed E-state index contributed by atoms with van der Waals surface area (Å²) in [5.74, 6) is 0.211. The van der Waals surface area contributed by atoms with Gasteiger partial charge in [0, 0.05) is 23.7 Å². The number of rotatable bonds is 7. The molecular weight excluding hydrogens is 462 g/mol. The van der Waals surface area contributed by atoms with Crippen LogP contribution in [0.1, 0.15) is 29.2 Å². The number of hydrogen-bond acceptors (Lipinski definition) is 7. The van der Waals surface area contributed by atoms with Crippen molar-refractivity contribution in [3.63, 3.8) is 0 Å². The predicted molar refractivity (Wildman–Crippen MR) is 128 cm³/mol. The summed E-state index contributed by atoms with van der Waals surface area (Å²) in [5.41, 5.74) is 0.933. The lowest BCUT2D eigenvalue weighted by Crippen LogP contribution is -2.43. The van der Waals surface area contributed by atoms with Gasteiger partial charge in [0.15, 0.2) is 10.7 Å². The summed E-state index contributed by atoms with van der Waals surface area (Å²) in [6.07, 6.45) is 4.62. The summed E-state index contributed by atoms with van der Waals surface area (Å²) in [6, 6.07) is 10.9. The van der Waals surface area contributed by atoms with Gasteiger partial charge in [0.05, 0.1) is 13.0 Å². The Morgan fingerprint density at radius 3 is 2.76 bits per heavy atom. The molecule has 3 heterocycles. The van der Waals surface area contributed by atoms with Gasteiger partial charge in [-0.25, -0.2) is 8.42 Å². The number of carbonyl (C=O) groups excluding carboxylic acids is 1. The maximum absolute atomic E-state index is 13.5. The van der Waals surface area contributed by atoms with E-state index in [-0.39, 0.29) is 23.1 Å². The minimum absolute atomic E-state index is 0.0477. The summed E-state index contributed by atoms with van der Waals surface area (Å²) in [5, 5.41) is 8.69. The molecule has 0 radical (unpaired) electrons. The van der Waals surface area contributed by atoms with Crippen LogP contribution in [0.25, 0.3) is 12.2 Å². The second kappa shape index (κ2) is 9.90. The number of amides is 1. The zero-order valence-corrected chi connectivity index (χ0v) is 20.0. The van der Waals surface area contributed by atoms with Crippen LogP contribution in [0, 0.1) is 12.8 Å². The highest BCUT2D eigenvalue weighted by Crippen LogP contribution is 2.30. The van der Waals surface area contributed by atoms with Crippen LogP contribution in [-0.2, 0) is 14.8 Å². The molecule has 1 saturated heterocycles. The van der Waals surface area contributed by atoms with Gasteiger partial charge in [-0.3, -0.25) is 4.79 Å². The molecule has 10 heteroatoms. The minimum atomic E-state index is -3.89. The van der Waals surface area contributed by atoms with Crippen molar-refractivity contribution in [2.24, 2.45) is 5.92 Å². The Labute approximate surface area is 196 Å². The molecule has 8 nitrogen and oxygen atoms in total. The molecule has 3 aromatic rings. The first kappa shape index (κ1) is 23.2. The van der Waals surface area contributed by atoms with Gasteiger partial charge in [0.25, 0.3) is 0 Å². The number of aryl methyl sites for hydroxylation is 1. The van der Waals surface area contributed by atoms with E-state index in [9.17, 15) is 13.2 Å². The molecule has 1 aliphatic rings. The van der Waals surface area contributed by atoms with Gasteiger partial charge in [0.1, 0.15) is 11.4 Å². The third-order valence-corrected chi connectivity index (χ3v) is 8.35.